The van der Waals surface area contributed by atoms with E-state index in [0.717, 1.165) is 16.3 Å². The molecule has 0 aliphatic heterocycles. The number of carbonyl (C=O) groups is 1. The van der Waals surface area contributed by atoms with Crippen molar-refractivity contribution in [2.24, 2.45) is 0 Å². The van der Waals surface area contributed by atoms with Gasteiger partial charge in [0.15, 0.2) is 0 Å². The quantitative estimate of drug-likeness (QED) is 0.626. The lowest BCUT2D eigenvalue weighted by atomic mass is 10.1. The zero-order valence-electron chi connectivity index (χ0n) is 14.8. The second-order valence-corrected chi connectivity index (χ2v) is 8.03. The van der Waals surface area contributed by atoms with Gasteiger partial charge in [-0.05, 0) is 25.5 Å². The van der Waals surface area contributed by atoms with Crippen molar-refractivity contribution in [3.63, 3.8) is 0 Å². The van der Waals surface area contributed by atoms with Crippen molar-refractivity contribution >= 4 is 34.1 Å². The molecular formula is C19H17N5OS2. The number of rotatable bonds is 6. The van der Waals surface area contributed by atoms with Crippen molar-refractivity contribution in [3.05, 3.63) is 53.0 Å². The monoisotopic (exact) mass is 395 g/mol. The lowest BCUT2D eigenvalue weighted by molar-refractivity contribution is -0.115. The zero-order chi connectivity index (χ0) is 19.2. The summed E-state index contributed by atoms with van der Waals surface area (Å²) in [5.41, 5.74) is 2.19. The fourth-order valence-corrected chi connectivity index (χ4v) is 3.96. The highest BCUT2D eigenvalue weighted by Gasteiger charge is 2.22. The molecule has 0 aliphatic carbocycles. The average molecular weight is 396 g/mol. The average Bonchev–Trinajstić information content (AvgIpc) is 3.11. The van der Waals surface area contributed by atoms with Gasteiger partial charge in [0.1, 0.15) is 16.1 Å². The van der Waals surface area contributed by atoms with Crippen molar-refractivity contribution in [1.82, 2.24) is 15.2 Å². The van der Waals surface area contributed by atoms with Crippen LogP contribution in [0.15, 0.2) is 47.5 Å². The van der Waals surface area contributed by atoms with Gasteiger partial charge < -0.3 is 0 Å². The third kappa shape index (κ3) is 4.70. The minimum atomic E-state index is -0.389. The first-order chi connectivity index (χ1) is 13.1. The van der Waals surface area contributed by atoms with Crippen LogP contribution in [0.1, 0.15) is 23.9 Å². The second-order valence-electron chi connectivity index (χ2n) is 5.66. The number of hydrogen-bond acceptors (Lipinski definition) is 7. The number of nitrogens with zero attached hydrogens (tertiary/aromatic N) is 4. The van der Waals surface area contributed by atoms with Crippen LogP contribution in [-0.4, -0.2) is 26.3 Å². The summed E-state index contributed by atoms with van der Waals surface area (Å²) in [5.74, 6) is -0.172. The van der Waals surface area contributed by atoms with Crippen LogP contribution in [0.4, 0.5) is 5.13 Å². The Morgan fingerprint density at radius 3 is 2.67 bits per heavy atom. The molecular weight excluding hydrogens is 378 g/mol. The Morgan fingerprint density at radius 2 is 2.04 bits per heavy atom. The molecule has 0 fully saturated rings. The van der Waals surface area contributed by atoms with Gasteiger partial charge >= 0.3 is 0 Å². The predicted octanol–water partition coefficient (Wildman–Crippen LogP) is 4.29. The minimum absolute atomic E-state index is 0.172. The second kappa shape index (κ2) is 8.75. The largest absolute Gasteiger partial charge is 0.300 e. The minimum Gasteiger partial charge on any atom is -0.300 e. The van der Waals surface area contributed by atoms with E-state index >= 15 is 0 Å². The first kappa shape index (κ1) is 19.0. The summed E-state index contributed by atoms with van der Waals surface area (Å²) < 4.78 is 0. The van der Waals surface area contributed by atoms with Crippen molar-refractivity contribution in [2.75, 3.05) is 5.32 Å². The number of hydrogen-bond donors (Lipinski definition) is 1. The molecule has 2 aromatic heterocycles. The third-order valence-corrected chi connectivity index (χ3v) is 5.84. The molecule has 3 rings (SSSR count). The van der Waals surface area contributed by atoms with Gasteiger partial charge in [0.05, 0.1) is 16.5 Å². The Morgan fingerprint density at radius 1 is 1.26 bits per heavy atom. The first-order valence-electron chi connectivity index (χ1n) is 8.35. The van der Waals surface area contributed by atoms with E-state index in [1.165, 1.54) is 23.1 Å². The highest BCUT2D eigenvalue weighted by atomic mass is 32.2. The van der Waals surface area contributed by atoms with Gasteiger partial charge in [-0.2, -0.15) is 5.26 Å². The molecule has 1 N–H and O–H groups in total. The summed E-state index contributed by atoms with van der Waals surface area (Å²) in [4.78, 5) is 17.2. The maximum atomic E-state index is 12.6. The number of aromatic nitrogens is 3. The Bertz CT molecular complexity index is 981. The van der Waals surface area contributed by atoms with E-state index in [0.29, 0.717) is 22.1 Å². The van der Waals surface area contributed by atoms with E-state index in [9.17, 15) is 10.1 Å². The number of benzene rings is 1. The fraction of sp³-hybridized carbons (Fsp3) is 0.211. The smallest absolute Gasteiger partial charge is 0.239 e. The normalized spacial score (nSPS) is 11.6. The summed E-state index contributed by atoms with van der Waals surface area (Å²) in [6.45, 7) is 3.76. The lowest BCUT2D eigenvalue weighted by Crippen LogP contribution is -2.24. The molecule has 0 unspecified atom stereocenters. The molecule has 0 bridgehead atoms. The van der Waals surface area contributed by atoms with E-state index in [1.54, 1.807) is 6.07 Å². The van der Waals surface area contributed by atoms with Crippen molar-refractivity contribution < 1.29 is 4.79 Å². The molecule has 8 heteroatoms. The van der Waals surface area contributed by atoms with Crippen molar-refractivity contribution in [1.29, 1.82) is 5.26 Å². The molecule has 1 aromatic carbocycles. The van der Waals surface area contributed by atoms with Crippen LogP contribution in [-0.2, 0) is 4.79 Å². The molecule has 1 amide bonds. The number of amides is 1. The summed E-state index contributed by atoms with van der Waals surface area (Å²) in [7, 11) is 0. The van der Waals surface area contributed by atoms with E-state index < -0.39 is 0 Å². The topological polar surface area (TPSA) is 91.6 Å². The number of pyridine rings is 1. The van der Waals surface area contributed by atoms with Gasteiger partial charge in [0.25, 0.3) is 0 Å². The molecule has 0 saturated carbocycles. The summed E-state index contributed by atoms with van der Waals surface area (Å²) in [5, 5.41) is 21.5. The molecule has 0 spiro atoms. The van der Waals surface area contributed by atoms with Gasteiger partial charge in [0.2, 0.25) is 11.0 Å². The van der Waals surface area contributed by atoms with Gasteiger partial charge in [-0.1, -0.05) is 60.4 Å². The maximum absolute atomic E-state index is 12.6. The molecule has 2 heterocycles. The number of nitrogens with one attached hydrogen (secondary N) is 1. The van der Waals surface area contributed by atoms with E-state index in [-0.39, 0.29) is 11.2 Å². The molecule has 27 heavy (non-hydrogen) atoms. The predicted molar refractivity (Wildman–Crippen MR) is 108 cm³/mol. The Balaban J connectivity index is 1.83. The summed E-state index contributed by atoms with van der Waals surface area (Å²) in [6.07, 6.45) is 0.594. The fourth-order valence-electron chi connectivity index (χ4n) is 2.38. The van der Waals surface area contributed by atoms with Crippen LogP contribution in [0.2, 0.25) is 0 Å². The van der Waals surface area contributed by atoms with Gasteiger partial charge in [0, 0.05) is 5.56 Å². The first-order valence-corrected chi connectivity index (χ1v) is 10.0. The maximum Gasteiger partial charge on any atom is 0.239 e. The number of aryl methyl sites for hydroxylation is 1. The highest BCUT2D eigenvalue weighted by Crippen LogP contribution is 2.30. The highest BCUT2D eigenvalue weighted by molar-refractivity contribution is 8.00. The molecule has 3 aromatic rings. The Kier molecular flexibility index (Phi) is 6.16. The Hall–Kier alpha value is -2.76. The molecule has 136 valence electrons. The SMILES string of the molecule is CC[C@@H](Sc1nc(-c2ccccc2)ccc1C#N)C(=O)Nc1nnc(C)s1. The van der Waals surface area contributed by atoms with Crippen LogP contribution in [0.3, 0.4) is 0 Å². The molecule has 0 saturated heterocycles. The molecule has 0 radical (unpaired) electrons. The third-order valence-electron chi connectivity index (χ3n) is 3.72. The number of nitriles is 1. The molecule has 1 atom stereocenters. The van der Waals surface area contributed by atoms with Crippen LogP contribution >= 0.6 is 23.1 Å². The van der Waals surface area contributed by atoms with Crippen LogP contribution < -0.4 is 5.32 Å². The zero-order valence-corrected chi connectivity index (χ0v) is 16.5. The number of anilines is 1. The Labute approximate surface area is 165 Å². The van der Waals surface area contributed by atoms with Crippen LogP contribution in [0.25, 0.3) is 11.3 Å². The molecule has 6 nitrogen and oxygen atoms in total. The summed E-state index contributed by atoms with van der Waals surface area (Å²) >= 11 is 2.62. The van der Waals surface area contributed by atoms with Crippen molar-refractivity contribution in [3.8, 4) is 17.3 Å². The van der Waals surface area contributed by atoms with E-state index in [1.807, 2.05) is 50.2 Å². The van der Waals surface area contributed by atoms with Gasteiger partial charge in [-0.25, -0.2) is 4.98 Å². The van der Waals surface area contributed by atoms with Crippen LogP contribution in [0, 0.1) is 18.3 Å². The summed E-state index contributed by atoms with van der Waals surface area (Å²) in [6, 6.07) is 15.5. The van der Waals surface area contributed by atoms with Gasteiger partial charge in [-0.3, -0.25) is 10.1 Å². The van der Waals surface area contributed by atoms with E-state index in [4.69, 9.17) is 0 Å². The standard InChI is InChI=1S/C19H17N5OS2/c1-3-16(17(25)22-19-24-23-12(2)26-19)27-18-14(11-20)9-10-15(21-18)13-7-5-4-6-8-13/h4-10,16H,3H2,1-2H3,(H,22,24,25)/t16-/m1/s1. The lowest BCUT2D eigenvalue weighted by Gasteiger charge is -2.14. The van der Waals surface area contributed by atoms with Gasteiger partial charge in [-0.15, -0.1) is 10.2 Å². The van der Waals surface area contributed by atoms with Crippen molar-refractivity contribution in [2.45, 2.75) is 30.5 Å². The van der Waals surface area contributed by atoms with E-state index in [2.05, 4.69) is 26.6 Å². The van der Waals surface area contributed by atoms with Crippen LogP contribution in [0.5, 0.6) is 0 Å². The number of thioether (sulfide) groups is 1. The molecule has 0 aliphatic rings. The number of carbonyl (C=O) groups excluding carboxylic acids is 1.